The second-order valence-electron chi connectivity index (χ2n) is 4.03. The van der Waals surface area contributed by atoms with Crippen molar-refractivity contribution in [3.63, 3.8) is 0 Å². The second kappa shape index (κ2) is 8.17. The van der Waals surface area contributed by atoms with E-state index in [9.17, 15) is 0 Å². The first kappa shape index (κ1) is 13.0. The molecule has 1 N–H and O–H groups in total. The Hall–Kier alpha value is -1.02. The Morgan fingerprint density at radius 2 is 1.88 bits per heavy atom. The number of rotatable bonds is 8. The van der Waals surface area contributed by atoms with Crippen molar-refractivity contribution in [3.8, 4) is 5.75 Å². The summed E-state index contributed by atoms with van der Waals surface area (Å²) < 4.78 is 5.88. The first-order valence-electron chi connectivity index (χ1n) is 6.19. The molecule has 0 heterocycles. The molecule has 1 rings (SSSR count). The fraction of sp³-hybridized carbons (Fsp3) is 0.571. The van der Waals surface area contributed by atoms with Gasteiger partial charge in [0.25, 0.3) is 0 Å². The average molecular weight is 222 g/mol. The molecule has 90 valence electrons. The van der Waals surface area contributed by atoms with Crippen LogP contribution in [0.3, 0.4) is 0 Å². The molecule has 1 atom stereocenters. The maximum atomic E-state index is 8.69. The van der Waals surface area contributed by atoms with E-state index in [1.807, 2.05) is 30.3 Å². The van der Waals surface area contributed by atoms with Crippen molar-refractivity contribution in [2.75, 3.05) is 6.61 Å². The summed E-state index contributed by atoms with van der Waals surface area (Å²) >= 11 is 0. The van der Waals surface area contributed by atoms with Gasteiger partial charge in [-0.2, -0.15) is 0 Å². The van der Waals surface area contributed by atoms with E-state index in [2.05, 4.69) is 6.92 Å². The molecule has 0 aliphatic carbocycles. The minimum Gasteiger partial charge on any atom is -0.490 e. The van der Waals surface area contributed by atoms with Crippen LogP contribution in [0.25, 0.3) is 0 Å². The van der Waals surface area contributed by atoms with Crippen LogP contribution in [0.1, 0.15) is 39.0 Å². The van der Waals surface area contributed by atoms with Crippen LogP contribution in [0.5, 0.6) is 5.75 Å². The van der Waals surface area contributed by atoms with Gasteiger partial charge < -0.3 is 9.84 Å². The van der Waals surface area contributed by atoms with Gasteiger partial charge >= 0.3 is 0 Å². The van der Waals surface area contributed by atoms with Gasteiger partial charge in [0, 0.05) is 6.61 Å². The molecule has 1 unspecified atom stereocenters. The van der Waals surface area contributed by atoms with E-state index in [4.69, 9.17) is 9.84 Å². The fourth-order valence-corrected chi connectivity index (χ4v) is 1.70. The number of aliphatic hydroxyl groups is 1. The average Bonchev–Trinajstić information content (AvgIpc) is 2.34. The van der Waals surface area contributed by atoms with Crippen LogP contribution in [0, 0.1) is 0 Å². The molecule has 0 saturated carbocycles. The number of hydrogen-bond donors (Lipinski definition) is 1. The van der Waals surface area contributed by atoms with Gasteiger partial charge in [-0.25, -0.2) is 0 Å². The normalized spacial score (nSPS) is 12.4. The summed E-state index contributed by atoms with van der Waals surface area (Å²) in [7, 11) is 0. The van der Waals surface area contributed by atoms with E-state index in [-0.39, 0.29) is 0 Å². The zero-order valence-corrected chi connectivity index (χ0v) is 10.1. The first-order chi connectivity index (χ1) is 7.86. The molecule has 0 radical (unpaired) electrons. The lowest BCUT2D eigenvalue weighted by atomic mass is 10.1. The molecule has 0 aromatic heterocycles. The molecule has 2 heteroatoms. The van der Waals surface area contributed by atoms with Crippen molar-refractivity contribution >= 4 is 0 Å². The Morgan fingerprint density at radius 3 is 2.50 bits per heavy atom. The molecular formula is C14H22O2. The van der Waals surface area contributed by atoms with Crippen molar-refractivity contribution in [3.05, 3.63) is 30.3 Å². The van der Waals surface area contributed by atoms with Crippen molar-refractivity contribution in [1.82, 2.24) is 0 Å². The van der Waals surface area contributed by atoms with Crippen LogP contribution in [-0.4, -0.2) is 17.8 Å². The van der Waals surface area contributed by atoms with Gasteiger partial charge in [-0.1, -0.05) is 31.5 Å². The largest absolute Gasteiger partial charge is 0.490 e. The molecule has 16 heavy (non-hydrogen) atoms. The summed E-state index contributed by atoms with van der Waals surface area (Å²) in [6.07, 6.45) is 5.54. The molecule has 0 bridgehead atoms. The Bertz CT molecular complexity index is 259. The lowest BCUT2D eigenvalue weighted by Crippen LogP contribution is -2.15. The molecule has 0 spiro atoms. The molecule has 2 nitrogen and oxygen atoms in total. The van der Waals surface area contributed by atoms with Crippen LogP contribution in [-0.2, 0) is 0 Å². The first-order valence-corrected chi connectivity index (χ1v) is 6.19. The highest BCUT2D eigenvalue weighted by atomic mass is 16.5. The quantitative estimate of drug-likeness (QED) is 0.683. The summed E-state index contributed by atoms with van der Waals surface area (Å²) in [5.41, 5.74) is 0. The van der Waals surface area contributed by atoms with E-state index in [1.165, 1.54) is 0 Å². The van der Waals surface area contributed by atoms with Gasteiger partial charge in [0.15, 0.2) is 0 Å². The van der Waals surface area contributed by atoms with E-state index in [0.717, 1.165) is 37.9 Å². The van der Waals surface area contributed by atoms with E-state index in [0.29, 0.717) is 12.7 Å². The fourth-order valence-electron chi connectivity index (χ4n) is 1.70. The van der Waals surface area contributed by atoms with Gasteiger partial charge in [-0.05, 0) is 37.8 Å². The number of ether oxygens (including phenoxy) is 1. The zero-order valence-electron chi connectivity index (χ0n) is 10.1. The summed E-state index contributed by atoms with van der Waals surface area (Å²) in [5, 5.41) is 8.69. The van der Waals surface area contributed by atoms with Crippen molar-refractivity contribution in [2.24, 2.45) is 0 Å². The van der Waals surface area contributed by atoms with Gasteiger partial charge in [0.05, 0.1) is 6.10 Å². The minimum absolute atomic E-state index is 0.302. The lowest BCUT2D eigenvalue weighted by molar-refractivity contribution is 0.180. The Balaban J connectivity index is 2.26. The number of benzene rings is 1. The van der Waals surface area contributed by atoms with Gasteiger partial charge in [0.1, 0.15) is 5.75 Å². The van der Waals surface area contributed by atoms with Crippen molar-refractivity contribution in [2.45, 2.75) is 45.1 Å². The zero-order chi connectivity index (χ0) is 11.6. The number of hydrogen-bond acceptors (Lipinski definition) is 2. The Morgan fingerprint density at radius 1 is 1.12 bits per heavy atom. The molecular weight excluding hydrogens is 200 g/mol. The van der Waals surface area contributed by atoms with Crippen molar-refractivity contribution < 1.29 is 9.84 Å². The van der Waals surface area contributed by atoms with Crippen molar-refractivity contribution in [1.29, 1.82) is 0 Å². The maximum absolute atomic E-state index is 8.69. The third-order valence-electron chi connectivity index (χ3n) is 2.69. The third-order valence-corrected chi connectivity index (χ3v) is 2.69. The molecule has 0 saturated heterocycles. The molecule has 0 aliphatic heterocycles. The highest BCUT2D eigenvalue weighted by molar-refractivity contribution is 5.21. The summed E-state index contributed by atoms with van der Waals surface area (Å²) in [6.45, 7) is 2.45. The summed E-state index contributed by atoms with van der Waals surface area (Å²) in [4.78, 5) is 0. The smallest absolute Gasteiger partial charge is 0.119 e. The molecule has 0 amide bonds. The third kappa shape index (κ3) is 5.17. The van der Waals surface area contributed by atoms with Gasteiger partial charge in [-0.3, -0.25) is 0 Å². The highest BCUT2D eigenvalue weighted by Crippen LogP contribution is 2.16. The topological polar surface area (TPSA) is 29.5 Å². The Kier molecular flexibility index (Phi) is 6.66. The standard InChI is InChI=1S/C14H22O2/c1-2-13(9-7-4-8-12-15)16-14-10-5-3-6-11-14/h3,5-6,10-11,13,15H,2,4,7-9,12H2,1H3. The van der Waals surface area contributed by atoms with Crippen LogP contribution < -0.4 is 4.74 Å². The lowest BCUT2D eigenvalue weighted by Gasteiger charge is -2.17. The Labute approximate surface area is 98.3 Å². The molecule has 1 aromatic carbocycles. The van der Waals surface area contributed by atoms with Gasteiger partial charge in [-0.15, -0.1) is 0 Å². The maximum Gasteiger partial charge on any atom is 0.119 e. The van der Waals surface area contributed by atoms with Crippen LogP contribution >= 0.6 is 0 Å². The van der Waals surface area contributed by atoms with Gasteiger partial charge in [0.2, 0.25) is 0 Å². The predicted octanol–water partition coefficient (Wildman–Crippen LogP) is 3.40. The number of aliphatic hydroxyl groups excluding tert-OH is 1. The SMILES string of the molecule is CCC(CCCCCO)Oc1ccccc1. The second-order valence-corrected chi connectivity index (χ2v) is 4.03. The highest BCUT2D eigenvalue weighted by Gasteiger charge is 2.07. The van der Waals surface area contributed by atoms with E-state index >= 15 is 0 Å². The van der Waals surface area contributed by atoms with E-state index in [1.54, 1.807) is 0 Å². The summed E-state index contributed by atoms with van der Waals surface area (Å²) in [6, 6.07) is 9.98. The number of para-hydroxylation sites is 1. The number of unbranched alkanes of at least 4 members (excludes halogenated alkanes) is 2. The summed E-state index contributed by atoms with van der Waals surface area (Å²) in [5.74, 6) is 0.955. The molecule has 1 aromatic rings. The van der Waals surface area contributed by atoms with Crippen LogP contribution in [0.15, 0.2) is 30.3 Å². The van der Waals surface area contributed by atoms with E-state index < -0.39 is 0 Å². The van der Waals surface area contributed by atoms with Crippen LogP contribution in [0.4, 0.5) is 0 Å². The minimum atomic E-state index is 0.302. The molecule has 0 fully saturated rings. The monoisotopic (exact) mass is 222 g/mol. The predicted molar refractivity (Wildman–Crippen MR) is 66.7 cm³/mol. The van der Waals surface area contributed by atoms with Crippen LogP contribution in [0.2, 0.25) is 0 Å². The molecule has 0 aliphatic rings.